The molecule has 0 unspecified atom stereocenters. The molecule has 1 aromatic carbocycles. The highest BCUT2D eigenvalue weighted by Crippen LogP contribution is 2.32. The van der Waals surface area contributed by atoms with Crippen molar-refractivity contribution in [3.8, 4) is 5.19 Å². The number of hydrogen-bond acceptors (Lipinski definition) is 6. The van der Waals surface area contributed by atoms with Crippen molar-refractivity contribution in [1.29, 1.82) is 0 Å². The van der Waals surface area contributed by atoms with E-state index in [4.69, 9.17) is 4.74 Å². The van der Waals surface area contributed by atoms with Gasteiger partial charge in [-0.1, -0.05) is 17.4 Å². The lowest BCUT2D eigenvalue weighted by atomic mass is 9.84. The van der Waals surface area contributed by atoms with Crippen LogP contribution in [0.1, 0.15) is 60.0 Å². The lowest BCUT2D eigenvalue weighted by molar-refractivity contribution is -0.0230. The predicted molar refractivity (Wildman–Crippen MR) is 136 cm³/mol. The number of nitrogens with one attached hydrogen (secondary N) is 1. The van der Waals surface area contributed by atoms with E-state index in [0.29, 0.717) is 27.6 Å². The van der Waals surface area contributed by atoms with Crippen molar-refractivity contribution in [2.24, 2.45) is 5.92 Å². The molecule has 2 aliphatic rings. The van der Waals surface area contributed by atoms with Crippen LogP contribution >= 0.6 is 11.3 Å². The highest BCUT2D eigenvalue weighted by molar-refractivity contribution is 7.13. The number of ether oxygens (including phenoxy) is 1. The van der Waals surface area contributed by atoms with E-state index in [1.807, 2.05) is 0 Å². The van der Waals surface area contributed by atoms with Gasteiger partial charge >= 0.3 is 0 Å². The molecule has 11 heteroatoms. The predicted octanol–water partition coefficient (Wildman–Crippen LogP) is 5.19. The molecule has 3 heterocycles. The summed E-state index contributed by atoms with van der Waals surface area (Å²) in [5.41, 5.74) is 2.10. The van der Waals surface area contributed by atoms with Gasteiger partial charge in [-0.2, -0.15) is 5.10 Å². The Morgan fingerprint density at radius 3 is 2.84 bits per heavy atom. The second-order valence-corrected chi connectivity index (χ2v) is 11.3. The van der Waals surface area contributed by atoms with E-state index in [9.17, 15) is 18.0 Å². The number of benzene rings is 1. The topological polar surface area (TPSA) is 72.3 Å². The van der Waals surface area contributed by atoms with Crippen LogP contribution in [0.15, 0.2) is 24.4 Å². The molecule has 3 aromatic rings. The summed E-state index contributed by atoms with van der Waals surface area (Å²) in [5, 5.41) is 8.19. The molecule has 5 rings (SSSR count). The van der Waals surface area contributed by atoms with E-state index in [2.05, 4.69) is 20.3 Å². The quantitative estimate of drug-likeness (QED) is 0.408. The van der Waals surface area contributed by atoms with Gasteiger partial charge in [0.2, 0.25) is 0 Å². The minimum atomic E-state index is -2.87. The Bertz CT molecular complexity index is 1230. The molecule has 7 nitrogen and oxygen atoms in total. The molecule has 1 aliphatic heterocycles. The maximum Gasteiger partial charge on any atom is 0.278 e. The summed E-state index contributed by atoms with van der Waals surface area (Å²) in [5.74, 6) is -2.39. The summed E-state index contributed by atoms with van der Waals surface area (Å²) in [7, 11) is 0. The number of rotatable bonds is 9. The summed E-state index contributed by atoms with van der Waals surface area (Å²) >= 11 is 1.38. The first kappa shape index (κ1) is 26.0. The van der Waals surface area contributed by atoms with Gasteiger partial charge in [0.05, 0.1) is 23.0 Å². The highest BCUT2D eigenvalue weighted by Gasteiger charge is 2.27. The third-order valence-electron chi connectivity index (χ3n) is 7.32. The van der Waals surface area contributed by atoms with E-state index < -0.39 is 19.3 Å². The molecule has 37 heavy (non-hydrogen) atoms. The van der Waals surface area contributed by atoms with Crippen molar-refractivity contribution in [2.45, 2.75) is 70.8 Å². The molecule has 2 aromatic heterocycles. The Balaban J connectivity index is 1.06. The molecule has 1 N–H and O–H groups in total. The summed E-state index contributed by atoms with van der Waals surface area (Å²) in [6.07, 6.45) is 7.52. The summed E-state index contributed by atoms with van der Waals surface area (Å²) in [4.78, 5) is 20.9. The maximum atomic E-state index is 13.1. The highest BCUT2D eigenvalue weighted by atomic mass is 32.1. The van der Waals surface area contributed by atoms with Crippen molar-refractivity contribution in [2.75, 3.05) is 19.7 Å². The van der Waals surface area contributed by atoms with E-state index in [1.54, 1.807) is 24.4 Å². The Kier molecular flexibility index (Phi) is 7.71. The number of nitrogens with zero attached hydrogens (tertiary/aromatic N) is 4. The minimum Gasteiger partial charge on any atom is -0.464 e. The number of amides is 1. The number of fused-ring (bicyclic) bond motifs is 2. The van der Waals surface area contributed by atoms with E-state index in [1.165, 1.54) is 16.0 Å². The first-order chi connectivity index (χ1) is 17.8. The molecule has 1 aliphatic carbocycles. The van der Waals surface area contributed by atoms with Gasteiger partial charge in [0, 0.05) is 36.3 Å². The van der Waals surface area contributed by atoms with Crippen LogP contribution < -0.4 is 10.1 Å². The van der Waals surface area contributed by atoms with Crippen LogP contribution in [0.4, 0.5) is 13.2 Å². The zero-order chi connectivity index (χ0) is 26.0. The van der Waals surface area contributed by atoms with Gasteiger partial charge in [0.1, 0.15) is 0 Å². The number of alkyl halides is 3. The van der Waals surface area contributed by atoms with Crippen LogP contribution in [0.2, 0.25) is 0 Å². The zero-order valence-electron chi connectivity index (χ0n) is 20.9. The third-order valence-corrected chi connectivity index (χ3v) is 8.39. The summed E-state index contributed by atoms with van der Waals surface area (Å²) < 4.78 is 45.7. The monoisotopic (exact) mass is 535 g/mol. The number of hydrogen-bond donors (Lipinski definition) is 1. The van der Waals surface area contributed by atoms with Gasteiger partial charge in [-0.25, -0.2) is 22.8 Å². The third kappa shape index (κ3) is 6.26. The van der Waals surface area contributed by atoms with Crippen LogP contribution in [0, 0.1) is 5.92 Å². The fourth-order valence-corrected chi connectivity index (χ4v) is 6.20. The van der Waals surface area contributed by atoms with Crippen LogP contribution in [0.5, 0.6) is 5.19 Å². The number of halogens is 3. The van der Waals surface area contributed by atoms with Gasteiger partial charge in [-0.15, -0.1) is 0 Å². The van der Waals surface area contributed by atoms with Crippen LogP contribution in [-0.4, -0.2) is 57.2 Å². The zero-order valence-corrected chi connectivity index (χ0v) is 21.7. The van der Waals surface area contributed by atoms with E-state index >= 15 is 0 Å². The van der Waals surface area contributed by atoms with Crippen LogP contribution in [-0.2, 0) is 19.8 Å². The Hall–Kier alpha value is -2.66. The van der Waals surface area contributed by atoms with Crippen LogP contribution in [0.3, 0.4) is 0 Å². The smallest absolute Gasteiger partial charge is 0.278 e. The average molecular weight is 536 g/mol. The largest absolute Gasteiger partial charge is 0.464 e. The van der Waals surface area contributed by atoms with Crippen molar-refractivity contribution < 1.29 is 22.7 Å². The number of carbonyl (C=O) groups is 1. The van der Waals surface area contributed by atoms with E-state index in [-0.39, 0.29) is 11.9 Å². The van der Waals surface area contributed by atoms with E-state index in [0.717, 1.165) is 75.7 Å². The van der Waals surface area contributed by atoms with Crippen molar-refractivity contribution in [1.82, 2.24) is 25.0 Å². The molecule has 0 spiro atoms. The molecule has 0 atom stereocenters. The molecule has 1 saturated carbocycles. The molecular weight excluding hydrogens is 503 g/mol. The van der Waals surface area contributed by atoms with Gasteiger partial charge in [0.25, 0.3) is 17.0 Å². The Labute approximate surface area is 218 Å². The molecule has 200 valence electrons. The molecule has 0 saturated heterocycles. The number of aromatic nitrogens is 3. The first-order valence-corrected chi connectivity index (χ1v) is 13.6. The number of carbonyl (C=O) groups excluding carboxylic acids is 1. The molecular formula is C26H32F3N5O2S. The molecule has 1 fully saturated rings. The fourth-order valence-electron chi connectivity index (χ4n) is 5.29. The fraction of sp³-hybridized carbons (Fsp3) is 0.577. The summed E-state index contributed by atoms with van der Waals surface area (Å²) in [6.45, 7) is 2.11. The SMILES string of the molecule is CC(F)(F)COc1nc2c(s1)CCN(CCC1CCC(NC(=O)c3cccc4c3cnn4CF)CC1)C2. The lowest BCUT2D eigenvalue weighted by Gasteiger charge is -2.32. The summed E-state index contributed by atoms with van der Waals surface area (Å²) in [6, 6.07) is 5.42. The Morgan fingerprint density at radius 1 is 1.27 bits per heavy atom. The van der Waals surface area contributed by atoms with Crippen LogP contribution in [0.25, 0.3) is 10.9 Å². The second-order valence-electron chi connectivity index (χ2n) is 10.2. The second kappa shape index (κ2) is 11.0. The maximum absolute atomic E-state index is 13.1. The van der Waals surface area contributed by atoms with Gasteiger partial charge in [0.15, 0.2) is 13.4 Å². The van der Waals surface area contributed by atoms with Crippen molar-refractivity contribution in [3.63, 3.8) is 0 Å². The van der Waals surface area contributed by atoms with Crippen molar-refractivity contribution >= 4 is 28.1 Å². The lowest BCUT2D eigenvalue weighted by Crippen LogP contribution is -2.38. The Morgan fingerprint density at radius 2 is 2.08 bits per heavy atom. The standard InChI is InChI=1S/C26H32F3N5O2S/c1-26(28,29)15-36-25-32-21-14-33(12-10-23(21)37-25)11-9-17-5-7-18(8-6-17)31-24(35)19-3-2-4-22-20(19)13-30-34(22)16-27/h2-4,13,17-18H,5-12,14-16H2,1H3,(H,31,35). The van der Waals surface area contributed by atoms with Crippen molar-refractivity contribution in [3.05, 3.63) is 40.5 Å². The average Bonchev–Trinajstić information content (AvgIpc) is 3.49. The van der Waals surface area contributed by atoms with Gasteiger partial charge in [-0.3, -0.25) is 9.69 Å². The first-order valence-electron chi connectivity index (χ1n) is 12.8. The molecule has 0 radical (unpaired) electrons. The normalized spacial score (nSPS) is 20.6. The minimum absolute atomic E-state index is 0.133. The van der Waals surface area contributed by atoms with Gasteiger partial charge < -0.3 is 10.1 Å². The molecule has 0 bridgehead atoms. The number of thiazole rings is 1. The van der Waals surface area contributed by atoms with Gasteiger partial charge in [-0.05, 0) is 63.1 Å². The molecule has 1 amide bonds.